The Kier molecular flexibility index (Phi) is 4.34. The highest BCUT2D eigenvalue weighted by molar-refractivity contribution is 9.09. The lowest BCUT2D eigenvalue weighted by atomic mass is 9.73. The number of hydrogen-bond donors (Lipinski definition) is 0. The first-order valence-electron chi connectivity index (χ1n) is 6.89. The molecule has 1 aliphatic heterocycles. The number of hydrogen-bond acceptors (Lipinski definition) is 1. The van der Waals surface area contributed by atoms with Gasteiger partial charge in [0.05, 0.1) is 6.10 Å². The van der Waals surface area contributed by atoms with Crippen LogP contribution < -0.4 is 0 Å². The molecule has 1 heterocycles. The molecular formula is C14H25BrO. The molecule has 2 heteroatoms. The van der Waals surface area contributed by atoms with Crippen molar-refractivity contribution in [3.63, 3.8) is 0 Å². The van der Waals surface area contributed by atoms with Gasteiger partial charge in [-0.3, -0.25) is 0 Å². The molecule has 2 rings (SSSR count). The van der Waals surface area contributed by atoms with Gasteiger partial charge in [0.25, 0.3) is 0 Å². The van der Waals surface area contributed by atoms with Gasteiger partial charge in [-0.05, 0) is 37.5 Å². The number of halogens is 1. The SMILES string of the molecule is CCCC(C)CC1(CBr)CCOC1C1CC1. The highest BCUT2D eigenvalue weighted by atomic mass is 79.9. The van der Waals surface area contributed by atoms with Gasteiger partial charge in [0.2, 0.25) is 0 Å². The highest BCUT2D eigenvalue weighted by Gasteiger charge is 2.50. The van der Waals surface area contributed by atoms with Crippen molar-refractivity contribution in [1.29, 1.82) is 0 Å². The van der Waals surface area contributed by atoms with E-state index in [4.69, 9.17) is 4.74 Å². The summed E-state index contributed by atoms with van der Waals surface area (Å²) in [6.07, 6.45) is 8.68. The monoisotopic (exact) mass is 288 g/mol. The van der Waals surface area contributed by atoms with Gasteiger partial charge in [-0.1, -0.05) is 42.6 Å². The molecule has 2 aliphatic rings. The Morgan fingerprint density at radius 1 is 1.44 bits per heavy atom. The quantitative estimate of drug-likeness (QED) is 0.659. The molecule has 1 saturated heterocycles. The zero-order chi connectivity index (χ0) is 11.6. The average molecular weight is 289 g/mol. The van der Waals surface area contributed by atoms with E-state index >= 15 is 0 Å². The van der Waals surface area contributed by atoms with E-state index in [2.05, 4.69) is 29.8 Å². The minimum atomic E-state index is 0.454. The van der Waals surface area contributed by atoms with E-state index in [9.17, 15) is 0 Å². The third-order valence-electron chi connectivity index (χ3n) is 4.35. The van der Waals surface area contributed by atoms with Crippen molar-refractivity contribution in [2.45, 2.75) is 58.5 Å². The summed E-state index contributed by atoms with van der Waals surface area (Å²) in [5.41, 5.74) is 0.454. The van der Waals surface area contributed by atoms with E-state index in [-0.39, 0.29) is 0 Å². The third-order valence-corrected chi connectivity index (χ3v) is 5.47. The Bertz CT molecular complexity index is 227. The Balaban J connectivity index is 1.99. The summed E-state index contributed by atoms with van der Waals surface area (Å²) in [5.74, 6) is 1.74. The lowest BCUT2D eigenvalue weighted by Gasteiger charge is -2.35. The summed E-state index contributed by atoms with van der Waals surface area (Å²) < 4.78 is 6.03. The van der Waals surface area contributed by atoms with E-state index in [0.717, 1.165) is 23.8 Å². The molecule has 3 unspecified atom stereocenters. The van der Waals surface area contributed by atoms with Gasteiger partial charge < -0.3 is 4.74 Å². The molecule has 94 valence electrons. The fourth-order valence-electron chi connectivity index (χ4n) is 3.45. The Hall–Kier alpha value is 0.440. The van der Waals surface area contributed by atoms with Gasteiger partial charge in [0.15, 0.2) is 0 Å². The second-order valence-corrected chi connectivity index (χ2v) is 6.53. The van der Waals surface area contributed by atoms with Crippen molar-refractivity contribution in [3.8, 4) is 0 Å². The van der Waals surface area contributed by atoms with Gasteiger partial charge >= 0.3 is 0 Å². The number of rotatable bonds is 6. The predicted molar refractivity (Wildman–Crippen MR) is 72.0 cm³/mol. The third kappa shape index (κ3) is 2.64. The van der Waals surface area contributed by atoms with E-state index in [1.54, 1.807) is 0 Å². The van der Waals surface area contributed by atoms with Crippen molar-refractivity contribution in [1.82, 2.24) is 0 Å². The van der Waals surface area contributed by atoms with Crippen LogP contribution in [0.1, 0.15) is 52.4 Å². The van der Waals surface area contributed by atoms with E-state index < -0.39 is 0 Å². The maximum absolute atomic E-state index is 6.03. The molecule has 0 aromatic rings. The van der Waals surface area contributed by atoms with Crippen LogP contribution in [-0.2, 0) is 4.74 Å². The molecule has 0 amide bonds. The number of alkyl halides is 1. The van der Waals surface area contributed by atoms with E-state index in [0.29, 0.717) is 11.5 Å². The average Bonchev–Trinajstić information content (AvgIpc) is 3.02. The summed E-state index contributed by atoms with van der Waals surface area (Å²) in [5, 5.41) is 1.13. The van der Waals surface area contributed by atoms with Crippen LogP contribution in [0.2, 0.25) is 0 Å². The summed E-state index contributed by atoms with van der Waals surface area (Å²) >= 11 is 3.77. The largest absolute Gasteiger partial charge is 0.377 e. The van der Waals surface area contributed by atoms with E-state index in [1.807, 2.05) is 0 Å². The van der Waals surface area contributed by atoms with Crippen molar-refractivity contribution in [2.75, 3.05) is 11.9 Å². The molecular weight excluding hydrogens is 264 g/mol. The second kappa shape index (κ2) is 5.39. The van der Waals surface area contributed by atoms with Crippen LogP contribution in [0.5, 0.6) is 0 Å². The molecule has 3 atom stereocenters. The van der Waals surface area contributed by atoms with Crippen molar-refractivity contribution in [3.05, 3.63) is 0 Å². The normalized spacial score (nSPS) is 36.6. The van der Waals surface area contributed by atoms with Crippen LogP contribution in [0, 0.1) is 17.3 Å². The highest BCUT2D eigenvalue weighted by Crippen LogP contribution is 2.51. The maximum Gasteiger partial charge on any atom is 0.0668 e. The fourth-order valence-corrected chi connectivity index (χ4v) is 4.28. The van der Waals surface area contributed by atoms with E-state index in [1.165, 1.54) is 38.5 Å². The van der Waals surface area contributed by atoms with Crippen molar-refractivity contribution >= 4 is 15.9 Å². The van der Waals surface area contributed by atoms with Crippen LogP contribution in [0.25, 0.3) is 0 Å². The first kappa shape index (κ1) is 12.9. The van der Waals surface area contributed by atoms with Gasteiger partial charge in [-0.25, -0.2) is 0 Å². The molecule has 1 aliphatic carbocycles. The fraction of sp³-hybridized carbons (Fsp3) is 1.00. The molecule has 16 heavy (non-hydrogen) atoms. The molecule has 1 saturated carbocycles. The standard InChI is InChI=1S/C14H25BrO/c1-3-4-11(2)9-14(10-15)7-8-16-13(14)12-5-6-12/h11-13H,3-10H2,1-2H3. The van der Waals surface area contributed by atoms with Gasteiger partial charge in [0.1, 0.15) is 0 Å². The molecule has 0 bridgehead atoms. The van der Waals surface area contributed by atoms with Gasteiger partial charge in [0, 0.05) is 17.4 Å². The molecule has 0 spiro atoms. The Labute approximate surface area is 108 Å². The zero-order valence-electron chi connectivity index (χ0n) is 10.7. The van der Waals surface area contributed by atoms with Crippen LogP contribution >= 0.6 is 15.9 Å². The van der Waals surface area contributed by atoms with Crippen LogP contribution in [0.3, 0.4) is 0 Å². The van der Waals surface area contributed by atoms with Gasteiger partial charge in [-0.15, -0.1) is 0 Å². The lowest BCUT2D eigenvalue weighted by molar-refractivity contribution is 0.0308. The Morgan fingerprint density at radius 3 is 2.75 bits per heavy atom. The lowest BCUT2D eigenvalue weighted by Crippen LogP contribution is -2.36. The van der Waals surface area contributed by atoms with Crippen molar-refractivity contribution in [2.24, 2.45) is 17.3 Å². The predicted octanol–water partition coefficient (Wildman–Crippen LogP) is 4.39. The summed E-state index contributed by atoms with van der Waals surface area (Å²) in [6, 6.07) is 0. The molecule has 2 fully saturated rings. The minimum Gasteiger partial charge on any atom is -0.377 e. The van der Waals surface area contributed by atoms with Crippen molar-refractivity contribution < 1.29 is 4.74 Å². The molecule has 0 aromatic carbocycles. The first-order valence-corrected chi connectivity index (χ1v) is 8.01. The smallest absolute Gasteiger partial charge is 0.0668 e. The molecule has 0 radical (unpaired) electrons. The van der Waals surface area contributed by atoms with Crippen LogP contribution in [0.4, 0.5) is 0 Å². The molecule has 1 nitrogen and oxygen atoms in total. The summed E-state index contributed by atoms with van der Waals surface area (Å²) in [6.45, 7) is 5.70. The molecule has 0 N–H and O–H groups in total. The Morgan fingerprint density at radius 2 is 2.19 bits per heavy atom. The van der Waals surface area contributed by atoms with Crippen LogP contribution in [0.15, 0.2) is 0 Å². The summed E-state index contributed by atoms with van der Waals surface area (Å²) in [7, 11) is 0. The maximum atomic E-state index is 6.03. The molecule has 0 aromatic heterocycles. The van der Waals surface area contributed by atoms with Gasteiger partial charge in [-0.2, -0.15) is 0 Å². The second-order valence-electron chi connectivity index (χ2n) is 5.97. The minimum absolute atomic E-state index is 0.454. The number of ether oxygens (including phenoxy) is 1. The topological polar surface area (TPSA) is 9.23 Å². The first-order chi connectivity index (χ1) is 7.72. The van der Waals surface area contributed by atoms with Crippen LogP contribution in [-0.4, -0.2) is 18.0 Å². The zero-order valence-corrected chi connectivity index (χ0v) is 12.3. The summed E-state index contributed by atoms with van der Waals surface area (Å²) in [4.78, 5) is 0.